The van der Waals surface area contributed by atoms with E-state index in [1.807, 2.05) is 6.07 Å². The van der Waals surface area contributed by atoms with E-state index in [2.05, 4.69) is 0 Å². The summed E-state index contributed by atoms with van der Waals surface area (Å²) >= 11 is 0. The van der Waals surface area contributed by atoms with E-state index in [9.17, 15) is 28.1 Å². The Morgan fingerprint density at radius 3 is 2.51 bits per heavy atom. The van der Waals surface area contributed by atoms with E-state index in [1.54, 1.807) is 43.3 Å². The Labute approximate surface area is 202 Å². The Morgan fingerprint density at radius 2 is 1.91 bits per heavy atom. The van der Waals surface area contributed by atoms with Crippen molar-refractivity contribution in [2.75, 3.05) is 18.1 Å². The fraction of sp³-hybridized carbons (Fsp3) is 0.280. The van der Waals surface area contributed by atoms with E-state index in [1.165, 1.54) is 13.0 Å². The van der Waals surface area contributed by atoms with Crippen molar-refractivity contribution >= 4 is 33.7 Å². The molecule has 1 saturated heterocycles. The predicted molar refractivity (Wildman–Crippen MR) is 125 cm³/mol. The number of carbonyl (C=O) groups is 3. The van der Waals surface area contributed by atoms with Crippen LogP contribution in [0.25, 0.3) is 17.4 Å². The van der Waals surface area contributed by atoms with Crippen LogP contribution in [0.1, 0.15) is 36.4 Å². The zero-order valence-corrected chi connectivity index (χ0v) is 19.9. The number of rotatable bonds is 5. The molecule has 35 heavy (non-hydrogen) atoms. The Balaban J connectivity index is 1.65. The minimum atomic E-state index is -3.36. The van der Waals surface area contributed by atoms with Crippen molar-refractivity contribution in [3.63, 3.8) is 0 Å². The number of carbonyl (C=O) groups excluding carboxylic acids is 3. The number of ether oxygens (including phenoxy) is 1. The van der Waals surface area contributed by atoms with Crippen molar-refractivity contribution in [2.45, 2.75) is 26.3 Å². The van der Waals surface area contributed by atoms with Gasteiger partial charge in [-0.2, -0.15) is 5.26 Å². The number of imide groups is 1. The van der Waals surface area contributed by atoms with E-state index in [4.69, 9.17) is 9.15 Å². The average molecular weight is 495 g/mol. The van der Waals surface area contributed by atoms with Gasteiger partial charge in [0.1, 0.15) is 23.2 Å². The molecule has 2 aromatic rings. The summed E-state index contributed by atoms with van der Waals surface area (Å²) in [5.74, 6) is -1.52. The first-order valence-corrected chi connectivity index (χ1v) is 12.8. The van der Waals surface area contributed by atoms with E-state index < -0.39 is 33.7 Å². The molecule has 180 valence electrons. The molecule has 2 aliphatic heterocycles. The highest BCUT2D eigenvalue weighted by molar-refractivity contribution is 7.91. The van der Waals surface area contributed by atoms with Gasteiger partial charge in [0, 0.05) is 11.1 Å². The van der Waals surface area contributed by atoms with E-state index >= 15 is 0 Å². The molecule has 9 nitrogen and oxygen atoms in total. The molecule has 0 bridgehead atoms. The SMILES string of the molecule is CCOC(=O)c1ccc(-c2ccc(/C=C3\C(=O)N([C@H]4CCS(=O)(=O)C4)C(=O)C(C#N)=C3C)o2)cc1. The quantitative estimate of drug-likeness (QED) is 0.352. The number of nitriles is 1. The fourth-order valence-electron chi connectivity index (χ4n) is 4.12. The number of furan rings is 1. The molecule has 2 aliphatic rings. The standard InChI is InChI=1S/C25H22N2O7S/c1-3-33-25(30)17-6-4-16(5-7-17)22-9-8-19(34-22)12-20-15(2)21(13-26)24(29)27(23(20)28)18-10-11-35(31,32)14-18/h4-9,12,18H,3,10-11,14H2,1-2H3/b20-12-/t18-/m0/s1. The molecule has 1 atom stereocenters. The van der Waals surface area contributed by atoms with Crippen LogP contribution >= 0.6 is 0 Å². The molecule has 2 amide bonds. The van der Waals surface area contributed by atoms with Gasteiger partial charge in [0.15, 0.2) is 9.84 Å². The van der Waals surface area contributed by atoms with Crippen LogP contribution < -0.4 is 0 Å². The number of nitrogens with zero attached hydrogens (tertiary/aromatic N) is 2. The van der Waals surface area contributed by atoms with Crippen LogP contribution in [-0.2, 0) is 24.2 Å². The molecule has 10 heteroatoms. The average Bonchev–Trinajstić information content (AvgIpc) is 3.43. The van der Waals surface area contributed by atoms with E-state index in [0.717, 1.165) is 4.90 Å². The Hall–Kier alpha value is -3.97. The number of amides is 2. The molecular formula is C25H22N2O7S. The lowest BCUT2D eigenvalue weighted by molar-refractivity contribution is -0.142. The van der Waals surface area contributed by atoms with Crippen LogP contribution in [0, 0.1) is 11.3 Å². The molecule has 1 aromatic carbocycles. The maximum Gasteiger partial charge on any atom is 0.338 e. The molecule has 0 N–H and O–H groups in total. The summed E-state index contributed by atoms with van der Waals surface area (Å²) in [6.45, 7) is 3.50. The molecule has 0 radical (unpaired) electrons. The number of sulfone groups is 1. The van der Waals surface area contributed by atoms with Gasteiger partial charge in [0.2, 0.25) is 0 Å². The van der Waals surface area contributed by atoms with Gasteiger partial charge < -0.3 is 9.15 Å². The minimum absolute atomic E-state index is 0.0870. The second kappa shape index (κ2) is 9.35. The zero-order valence-electron chi connectivity index (χ0n) is 19.1. The summed E-state index contributed by atoms with van der Waals surface area (Å²) in [4.78, 5) is 38.8. The van der Waals surface area contributed by atoms with Crippen LogP contribution in [0.15, 0.2) is 57.5 Å². The third kappa shape index (κ3) is 4.68. The van der Waals surface area contributed by atoms with E-state index in [-0.39, 0.29) is 41.3 Å². The maximum absolute atomic E-state index is 13.3. The van der Waals surface area contributed by atoms with Gasteiger partial charge >= 0.3 is 5.97 Å². The summed E-state index contributed by atoms with van der Waals surface area (Å²) in [5.41, 5.74) is 1.18. The lowest BCUT2D eigenvalue weighted by atomic mass is 9.93. The Morgan fingerprint density at radius 1 is 1.20 bits per heavy atom. The third-order valence-corrected chi connectivity index (χ3v) is 7.69. The predicted octanol–water partition coefficient (Wildman–Crippen LogP) is 2.90. The molecule has 4 rings (SSSR count). The van der Waals surface area contributed by atoms with Crippen LogP contribution in [0.3, 0.4) is 0 Å². The first kappa shape index (κ1) is 24.2. The molecule has 0 saturated carbocycles. The molecular weight excluding hydrogens is 472 g/mol. The van der Waals surface area contributed by atoms with Crippen molar-refractivity contribution in [3.8, 4) is 17.4 Å². The van der Waals surface area contributed by atoms with Crippen LogP contribution in [0.2, 0.25) is 0 Å². The molecule has 1 aromatic heterocycles. The minimum Gasteiger partial charge on any atom is -0.462 e. The summed E-state index contributed by atoms with van der Waals surface area (Å²) in [7, 11) is -3.36. The van der Waals surface area contributed by atoms with Gasteiger partial charge in [0.05, 0.1) is 29.7 Å². The first-order chi connectivity index (χ1) is 16.6. The maximum atomic E-state index is 13.3. The number of hydrogen-bond acceptors (Lipinski definition) is 8. The molecule has 0 spiro atoms. The highest BCUT2D eigenvalue weighted by atomic mass is 32.2. The van der Waals surface area contributed by atoms with Crippen molar-refractivity contribution in [2.24, 2.45) is 0 Å². The Bertz CT molecular complexity index is 1420. The van der Waals surface area contributed by atoms with Gasteiger partial charge in [-0.1, -0.05) is 12.1 Å². The number of hydrogen-bond donors (Lipinski definition) is 0. The summed E-state index contributed by atoms with van der Waals surface area (Å²) in [5, 5.41) is 9.54. The van der Waals surface area contributed by atoms with Gasteiger partial charge in [-0.3, -0.25) is 14.5 Å². The van der Waals surface area contributed by atoms with E-state index in [0.29, 0.717) is 22.6 Å². The normalized spacial score (nSPS) is 20.9. The second-order valence-electron chi connectivity index (χ2n) is 8.21. The zero-order chi connectivity index (χ0) is 25.3. The van der Waals surface area contributed by atoms with Crippen molar-refractivity contribution in [1.29, 1.82) is 5.26 Å². The summed E-state index contributed by atoms with van der Waals surface area (Å²) in [6.07, 6.45) is 1.58. The molecule has 1 fully saturated rings. The van der Waals surface area contributed by atoms with Gasteiger partial charge in [0.25, 0.3) is 11.8 Å². The van der Waals surface area contributed by atoms with Gasteiger partial charge in [-0.15, -0.1) is 0 Å². The second-order valence-corrected chi connectivity index (χ2v) is 10.4. The Kier molecular flexibility index (Phi) is 6.45. The number of esters is 1. The third-order valence-electron chi connectivity index (χ3n) is 5.94. The smallest absolute Gasteiger partial charge is 0.338 e. The monoisotopic (exact) mass is 494 g/mol. The van der Waals surface area contributed by atoms with Gasteiger partial charge in [-0.05, 0) is 56.2 Å². The lowest BCUT2D eigenvalue weighted by Crippen LogP contribution is -2.49. The van der Waals surface area contributed by atoms with Crippen molar-refractivity contribution in [1.82, 2.24) is 4.90 Å². The molecule has 0 aliphatic carbocycles. The largest absolute Gasteiger partial charge is 0.462 e. The van der Waals surface area contributed by atoms with Crippen molar-refractivity contribution in [3.05, 3.63) is 64.4 Å². The van der Waals surface area contributed by atoms with Crippen LogP contribution in [-0.4, -0.2) is 55.3 Å². The summed E-state index contributed by atoms with van der Waals surface area (Å²) in [6, 6.07) is 11.0. The molecule has 3 heterocycles. The topological polar surface area (TPSA) is 135 Å². The van der Waals surface area contributed by atoms with Gasteiger partial charge in [-0.25, -0.2) is 13.2 Å². The van der Waals surface area contributed by atoms with Crippen LogP contribution in [0.5, 0.6) is 0 Å². The first-order valence-electron chi connectivity index (χ1n) is 10.9. The lowest BCUT2D eigenvalue weighted by Gasteiger charge is -2.31. The fourth-order valence-corrected chi connectivity index (χ4v) is 5.82. The van der Waals surface area contributed by atoms with Crippen molar-refractivity contribution < 1.29 is 32.0 Å². The molecule has 0 unspecified atom stereocenters. The van der Waals surface area contributed by atoms with Crippen LogP contribution in [0.4, 0.5) is 0 Å². The number of benzene rings is 1. The highest BCUT2D eigenvalue weighted by Crippen LogP contribution is 2.32. The summed E-state index contributed by atoms with van der Waals surface area (Å²) < 4.78 is 34.7. The highest BCUT2D eigenvalue weighted by Gasteiger charge is 2.43.